The lowest BCUT2D eigenvalue weighted by atomic mass is 9.83. The first kappa shape index (κ1) is 13.1. The number of benzene rings is 1. The fraction of sp³-hybridized carbons (Fsp3) is 0.455. The summed E-state index contributed by atoms with van der Waals surface area (Å²) in [5, 5.41) is 21.5. The second-order valence-corrected chi connectivity index (χ2v) is 4.90. The summed E-state index contributed by atoms with van der Waals surface area (Å²) in [6, 6.07) is 4.59. The Kier molecular flexibility index (Phi) is 3.45. The molecule has 6 nitrogen and oxygen atoms in total. The summed E-state index contributed by atoms with van der Waals surface area (Å²) in [7, 11) is 0. The van der Waals surface area contributed by atoms with Crippen molar-refractivity contribution in [3.05, 3.63) is 50.1 Å². The van der Waals surface area contributed by atoms with Crippen molar-refractivity contribution in [1.82, 2.24) is 0 Å². The molecule has 0 aromatic heterocycles. The first-order chi connectivity index (χ1) is 7.73. The molecule has 0 aliphatic heterocycles. The van der Waals surface area contributed by atoms with Crippen molar-refractivity contribution in [3.63, 3.8) is 0 Å². The maximum absolute atomic E-state index is 11.0. The van der Waals surface area contributed by atoms with Crippen LogP contribution in [0.15, 0.2) is 24.3 Å². The quantitative estimate of drug-likeness (QED) is 0.598. The SMILES string of the molecule is CC(C)(C)[C@H](c1ccc([N+](=O)[O-])cc1)[N+](=O)[O-]. The fourth-order valence-electron chi connectivity index (χ4n) is 1.72. The third kappa shape index (κ3) is 2.99. The third-order valence-electron chi connectivity index (χ3n) is 2.45. The highest BCUT2D eigenvalue weighted by Crippen LogP contribution is 2.35. The Bertz CT molecular complexity index is 434. The van der Waals surface area contributed by atoms with Gasteiger partial charge in [-0.15, -0.1) is 0 Å². The van der Waals surface area contributed by atoms with Gasteiger partial charge in [0.2, 0.25) is 6.04 Å². The minimum absolute atomic E-state index is 0.0650. The summed E-state index contributed by atoms with van der Waals surface area (Å²) >= 11 is 0. The Morgan fingerprint density at radius 3 is 1.82 bits per heavy atom. The van der Waals surface area contributed by atoms with Gasteiger partial charge in [-0.2, -0.15) is 0 Å². The van der Waals surface area contributed by atoms with E-state index in [1.807, 2.05) is 0 Å². The molecule has 0 unspecified atom stereocenters. The van der Waals surface area contributed by atoms with E-state index in [0.717, 1.165) is 0 Å². The van der Waals surface area contributed by atoms with Crippen LogP contribution in [0.3, 0.4) is 0 Å². The molecule has 0 spiro atoms. The van der Waals surface area contributed by atoms with Gasteiger partial charge in [0.15, 0.2) is 0 Å². The van der Waals surface area contributed by atoms with Crippen molar-refractivity contribution in [2.75, 3.05) is 0 Å². The van der Waals surface area contributed by atoms with Gasteiger partial charge in [0.1, 0.15) is 0 Å². The Morgan fingerprint density at radius 2 is 1.53 bits per heavy atom. The molecule has 17 heavy (non-hydrogen) atoms. The van der Waals surface area contributed by atoms with E-state index in [1.54, 1.807) is 20.8 Å². The molecule has 0 saturated heterocycles. The maximum atomic E-state index is 11.0. The van der Waals surface area contributed by atoms with Crippen molar-refractivity contribution in [1.29, 1.82) is 0 Å². The zero-order chi connectivity index (χ0) is 13.2. The Labute approximate surface area is 98.6 Å². The van der Waals surface area contributed by atoms with Crippen molar-refractivity contribution in [2.24, 2.45) is 5.41 Å². The number of non-ortho nitro benzene ring substituents is 1. The van der Waals surface area contributed by atoms with Gasteiger partial charge in [0.05, 0.1) is 4.92 Å². The van der Waals surface area contributed by atoms with E-state index < -0.39 is 16.4 Å². The molecule has 1 aromatic rings. The molecule has 0 saturated carbocycles. The number of rotatable bonds is 3. The second-order valence-electron chi connectivity index (χ2n) is 4.90. The van der Waals surface area contributed by atoms with Crippen LogP contribution in [0.5, 0.6) is 0 Å². The molecule has 6 heteroatoms. The van der Waals surface area contributed by atoms with Gasteiger partial charge >= 0.3 is 0 Å². The van der Waals surface area contributed by atoms with Gasteiger partial charge in [-0.25, -0.2) is 0 Å². The van der Waals surface area contributed by atoms with Crippen LogP contribution in [0.25, 0.3) is 0 Å². The first-order valence-electron chi connectivity index (χ1n) is 5.11. The van der Waals surface area contributed by atoms with Crippen LogP contribution in [0, 0.1) is 25.6 Å². The maximum Gasteiger partial charge on any atom is 0.269 e. The molecule has 1 atom stereocenters. The van der Waals surface area contributed by atoms with E-state index >= 15 is 0 Å². The van der Waals surface area contributed by atoms with Crippen LogP contribution in [-0.4, -0.2) is 9.85 Å². The van der Waals surface area contributed by atoms with Gasteiger partial charge in [0.25, 0.3) is 5.69 Å². The molecular formula is C11H14N2O4. The summed E-state index contributed by atoms with van der Waals surface area (Å²) < 4.78 is 0. The smallest absolute Gasteiger partial charge is 0.264 e. The molecule has 0 bridgehead atoms. The molecule has 0 aliphatic rings. The van der Waals surface area contributed by atoms with Crippen molar-refractivity contribution in [3.8, 4) is 0 Å². The molecular weight excluding hydrogens is 224 g/mol. The first-order valence-corrected chi connectivity index (χ1v) is 5.11. The molecule has 0 radical (unpaired) electrons. The minimum Gasteiger partial charge on any atom is -0.264 e. The van der Waals surface area contributed by atoms with Gasteiger partial charge < -0.3 is 0 Å². The predicted molar refractivity (Wildman–Crippen MR) is 62.3 cm³/mol. The molecule has 1 aromatic carbocycles. The topological polar surface area (TPSA) is 86.3 Å². The van der Waals surface area contributed by atoms with E-state index in [0.29, 0.717) is 5.56 Å². The van der Waals surface area contributed by atoms with Gasteiger partial charge in [-0.1, -0.05) is 20.8 Å². The van der Waals surface area contributed by atoms with Crippen LogP contribution >= 0.6 is 0 Å². The van der Waals surface area contributed by atoms with Crippen LogP contribution in [0.1, 0.15) is 32.4 Å². The standard InChI is InChI=1S/C11H14N2O4/c1-11(2,3)10(13(16)17)8-4-6-9(7-5-8)12(14)15/h4-7,10H,1-3H3/t10-/m0/s1. The third-order valence-corrected chi connectivity index (χ3v) is 2.45. The molecule has 92 valence electrons. The van der Waals surface area contributed by atoms with Gasteiger partial charge in [-0.05, 0) is 12.1 Å². The van der Waals surface area contributed by atoms with Crippen LogP contribution in [0.2, 0.25) is 0 Å². The van der Waals surface area contributed by atoms with E-state index in [9.17, 15) is 20.2 Å². The number of nitro groups is 2. The average molecular weight is 238 g/mol. The molecule has 0 amide bonds. The summed E-state index contributed by atoms with van der Waals surface area (Å²) in [4.78, 5) is 20.6. The Hall–Kier alpha value is -1.98. The van der Waals surface area contributed by atoms with Crippen molar-refractivity contribution >= 4 is 5.69 Å². The molecule has 0 fully saturated rings. The van der Waals surface area contributed by atoms with E-state index in [4.69, 9.17) is 0 Å². The monoisotopic (exact) mass is 238 g/mol. The van der Waals surface area contributed by atoms with Gasteiger partial charge in [0, 0.05) is 28.0 Å². The number of hydrogen-bond donors (Lipinski definition) is 0. The number of hydrogen-bond acceptors (Lipinski definition) is 4. The summed E-state index contributed by atoms with van der Waals surface area (Å²) in [6.45, 7) is 5.30. The lowest BCUT2D eigenvalue weighted by Crippen LogP contribution is -2.25. The highest BCUT2D eigenvalue weighted by molar-refractivity contribution is 5.34. The van der Waals surface area contributed by atoms with E-state index in [-0.39, 0.29) is 10.6 Å². The van der Waals surface area contributed by atoms with Crippen LogP contribution in [0.4, 0.5) is 5.69 Å². The number of nitrogens with zero attached hydrogens (tertiary/aromatic N) is 2. The second kappa shape index (κ2) is 4.48. The Balaban J connectivity index is 3.13. The zero-order valence-electron chi connectivity index (χ0n) is 9.91. The number of nitro benzene ring substituents is 1. The average Bonchev–Trinajstić information content (AvgIpc) is 2.15. The zero-order valence-corrected chi connectivity index (χ0v) is 9.91. The van der Waals surface area contributed by atoms with Gasteiger partial charge in [-0.3, -0.25) is 20.2 Å². The van der Waals surface area contributed by atoms with Crippen molar-refractivity contribution in [2.45, 2.75) is 26.8 Å². The lowest BCUT2D eigenvalue weighted by Gasteiger charge is -2.23. The largest absolute Gasteiger partial charge is 0.269 e. The summed E-state index contributed by atoms with van der Waals surface area (Å²) in [5.41, 5.74) is -0.127. The molecule has 1 rings (SSSR count). The minimum atomic E-state index is -0.872. The normalized spacial score (nSPS) is 13.1. The molecule has 0 N–H and O–H groups in total. The highest BCUT2D eigenvalue weighted by atomic mass is 16.6. The van der Waals surface area contributed by atoms with Crippen LogP contribution in [-0.2, 0) is 0 Å². The fourth-order valence-corrected chi connectivity index (χ4v) is 1.72. The Morgan fingerprint density at radius 1 is 1.06 bits per heavy atom. The molecule has 0 heterocycles. The van der Waals surface area contributed by atoms with E-state index in [2.05, 4.69) is 0 Å². The predicted octanol–water partition coefficient (Wildman–Crippen LogP) is 2.96. The lowest BCUT2D eigenvalue weighted by molar-refractivity contribution is -0.546. The summed E-state index contributed by atoms with van der Waals surface area (Å²) in [5.74, 6) is 0. The van der Waals surface area contributed by atoms with Crippen molar-refractivity contribution < 1.29 is 9.85 Å². The highest BCUT2D eigenvalue weighted by Gasteiger charge is 2.36. The molecule has 0 aliphatic carbocycles. The van der Waals surface area contributed by atoms with E-state index in [1.165, 1.54) is 24.3 Å². The summed E-state index contributed by atoms with van der Waals surface area (Å²) in [6.07, 6.45) is 0. The van der Waals surface area contributed by atoms with Crippen LogP contribution < -0.4 is 0 Å².